The van der Waals surface area contributed by atoms with Crippen molar-refractivity contribution < 1.29 is 9.13 Å². The van der Waals surface area contributed by atoms with Gasteiger partial charge in [-0.3, -0.25) is 0 Å². The number of hydrogen-bond donors (Lipinski definition) is 1. The van der Waals surface area contributed by atoms with Crippen LogP contribution in [0.1, 0.15) is 29.2 Å². The van der Waals surface area contributed by atoms with E-state index in [0.717, 1.165) is 44.1 Å². The topological polar surface area (TPSA) is 36.9 Å². The molecule has 27 heavy (non-hydrogen) atoms. The van der Waals surface area contributed by atoms with E-state index in [1.807, 2.05) is 12.1 Å². The van der Waals surface area contributed by atoms with Crippen LogP contribution in [0.25, 0.3) is 0 Å². The number of rotatable bonds is 2. The van der Waals surface area contributed by atoms with Crippen molar-refractivity contribution in [1.29, 1.82) is 0 Å². The normalized spacial score (nSPS) is 27.2. The lowest BCUT2D eigenvalue weighted by atomic mass is 9.88. The molecule has 3 aliphatic heterocycles. The molecule has 2 aromatic carbocycles. The number of fused-ring (bicyclic) bond motifs is 1. The van der Waals surface area contributed by atoms with Crippen LogP contribution in [0.2, 0.25) is 0 Å². The van der Waals surface area contributed by atoms with Crippen LogP contribution in [0.15, 0.2) is 53.5 Å². The highest BCUT2D eigenvalue weighted by Gasteiger charge is 2.37. The molecule has 5 rings (SSSR count). The molecule has 0 aliphatic carbocycles. The van der Waals surface area contributed by atoms with Crippen LogP contribution in [0, 0.1) is 11.7 Å². The molecule has 0 amide bonds. The number of hydrogen-bond acceptors (Lipinski definition) is 4. The maximum Gasteiger partial charge on any atom is 0.288 e. The van der Waals surface area contributed by atoms with Crippen molar-refractivity contribution in [2.75, 3.05) is 26.2 Å². The summed E-state index contributed by atoms with van der Waals surface area (Å²) in [7, 11) is 0. The summed E-state index contributed by atoms with van der Waals surface area (Å²) in [4.78, 5) is 7.23. The highest BCUT2D eigenvalue weighted by molar-refractivity contribution is 5.77. The minimum Gasteiger partial charge on any atom is -0.463 e. The Morgan fingerprint density at radius 3 is 2.78 bits per heavy atom. The van der Waals surface area contributed by atoms with Crippen molar-refractivity contribution in [2.24, 2.45) is 10.9 Å². The molecule has 3 atom stereocenters. The number of aliphatic imine (C=N–C) groups is 1. The SMILES string of the molecule is Fc1ccc([C@H]2c3ccccc3CCN2C2=NC(C3CCNC3)CO2)cc1. The van der Waals surface area contributed by atoms with Gasteiger partial charge in [0.15, 0.2) is 0 Å². The lowest BCUT2D eigenvalue weighted by Gasteiger charge is -2.38. The maximum atomic E-state index is 13.5. The zero-order valence-electron chi connectivity index (χ0n) is 15.3. The third-order valence-corrected chi connectivity index (χ3v) is 6.02. The molecule has 1 fully saturated rings. The van der Waals surface area contributed by atoms with Gasteiger partial charge in [-0.25, -0.2) is 9.38 Å². The largest absolute Gasteiger partial charge is 0.463 e. The molecule has 0 bridgehead atoms. The highest BCUT2D eigenvalue weighted by atomic mass is 19.1. The second kappa shape index (κ2) is 6.97. The third-order valence-electron chi connectivity index (χ3n) is 6.02. The quantitative estimate of drug-likeness (QED) is 0.888. The predicted octanol–water partition coefficient (Wildman–Crippen LogP) is 3.14. The summed E-state index contributed by atoms with van der Waals surface area (Å²) in [6.45, 7) is 3.61. The van der Waals surface area contributed by atoms with Crippen molar-refractivity contribution in [2.45, 2.75) is 24.9 Å². The van der Waals surface area contributed by atoms with Crippen LogP contribution >= 0.6 is 0 Å². The van der Waals surface area contributed by atoms with E-state index in [1.54, 1.807) is 0 Å². The van der Waals surface area contributed by atoms with Crippen LogP contribution in [-0.4, -0.2) is 43.2 Å². The molecule has 5 heteroatoms. The Balaban J connectivity index is 1.51. The number of amidine groups is 1. The monoisotopic (exact) mass is 365 g/mol. The Kier molecular flexibility index (Phi) is 4.32. The molecule has 0 spiro atoms. The van der Waals surface area contributed by atoms with Crippen molar-refractivity contribution in [3.8, 4) is 0 Å². The standard InChI is InChI=1S/C22H24FN3O/c23-18-7-5-16(6-8-18)21-19-4-2-1-3-15(19)10-12-26(21)22-25-20(14-27-22)17-9-11-24-13-17/h1-8,17,20-21,24H,9-14H2/t17?,20?,21-/m0/s1. The summed E-state index contributed by atoms with van der Waals surface area (Å²) in [6.07, 6.45) is 2.13. The molecule has 0 aromatic heterocycles. The minimum absolute atomic E-state index is 0.00903. The van der Waals surface area contributed by atoms with Gasteiger partial charge in [-0.2, -0.15) is 0 Å². The Morgan fingerprint density at radius 1 is 1.11 bits per heavy atom. The summed E-state index contributed by atoms with van der Waals surface area (Å²) < 4.78 is 19.6. The Bertz CT molecular complexity index is 845. The van der Waals surface area contributed by atoms with Gasteiger partial charge in [-0.15, -0.1) is 0 Å². The van der Waals surface area contributed by atoms with Gasteiger partial charge in [-0.1, -0.05) is 36.4 Å². The Morgan fingerprint density at radius 2 is 1.96 bits per heavy atom. The van der Waals surface area contributed by atoms with E-state index >= 15 is 0 Å². The van der Waals surface area contributed by atoms with Gasteiger partial charge < -0.3 is 15.0 Å². The fourth-order valence-corrected chi connectivity index (χ4v) is 4.56. The summed E-state index contributed by atoms with van der Waals surface area (Å²) in [5.74, 6) is 0.349. The first-order valence-corrected chi connectivity index (χ1v) is 9.81. The van der Waals surface area contributed by atoms with Crippen LogP contribution in [0.3, 0.4) is 0 Å². The van der Waals surface area contributed by atoms with Gasteiger partial charge in [0.1, 0.15) is 12.4 Å². The van der Waals surface area contributed by atoms with Gasteiger partial charge in [0, 0.05) is 13.1 Å². The van der Waals surface area contributed by atoms with E-state index in [4.69, 9.17) is 9.73 Å². The summed E-state index contributed by atoms with van der Waals surface area (Å²) in [5.41, 5.74) is 3.67. The highest BCUT2D eigenvalue weighted by Crippen LogP contribution is 2.36. The lowest BCUT2D eigenvalue weighted by Crippen LogP contribution is -2.40. The molecule has 140 valence electrons. The van der Waals surface area contributed by atoms with E-state index in [2.05, 4.69) is 34.5 Å². The fourth-order valence-electron chi connectivity index (χ4n) is 4.56. The molecule has 3 heterocycles. The molecule has 3 aliphatic rings. The van der Waals surface area contributed by atoms with Gasteiger partial charge in [0.25, 0.3) is 6.02 Å². The van der Waals surface area contributed by atoms with Crippen molar-refractivity contribution in [3.05, 3.63) is 71.0 Å². The summed E-state index contributed by atoms with van der Waals surface area (Å²) in [5, 5.41) is 3.42. The number of benzene rings is 2. The van der Waals surface area contributed by atoms with Crippen molar-refractivity contribution >= 4 is 6.02 Å². The second-order valence-electron chi connectivity index (χ2n) is 7.64. The van der Waals surface area contributed by atoms with Crippen LogP contribution in [-0.2, 0) is 11.2 Å². The zero-order chi connectivity index (χ0) is 18.2. The predicted molar refractivity (Wildman–Crippen MR) is 103 cm³/mol. The van der Waals surface area contributed by atoms with E-state index in [1.165, 1.54) is 23.3 Å². The Labute approximate surface area is 159 Å². The van der Waals surface area contributed by atoms with Crippen LogP contribution in [0.4, 0.5) is 4.39 Å². The van der Waals surface area contributed by atoms with E-state index < -0.39 is 0 Å². The van der Waals surface area contributed by atoms with E-state index in [-0.39, 0.29) is 17.9 Å². The van der Waals surface area contributed by atoms with Crippen LogP contribution < -0.4 is 5.32 Å². The van der Waals surface area contributed by atoms with Crippen LogP contribution in [0.5, 0.6) is 0 Å². The number of ether oxygens (including phenoxy) is 1. The average Bonchev–Trinajstić information content (AvgIpc) is 3.39. The lowest BCUT2D eigenvalue weighted by molar-refractivity contribution is 0.215. The molecule has 4 nitrogen and oxygen atoms in total. The number of nitrogens with one attached hydrogen (secondary N) is 1. The number of nitrogens with zero attached hydrogens (tertiary/aromatic N) is 2. The molecule has 0 radical (unpaired) electrons. The smallest absolute Gasteiger partial charge is 0.288 e. The first-order valence-electron chi connectivity index (χ1n) is 9.81. The molecule has 0 saturated carbocycles. The van der Waals surface area contributed by atoms with Gasteiger partial charge in [0.05, 0.1) is 12.1 Å². The average molecular weight is 365 g/mol. The first kappa shape index (κ1) is 16.8. The molecule has 1 saturated heterocycles. The van der Waals surface area contributed by atoms with E-state index in [9.17, 15) is 4.39 Å². The zero-order valence-corrected chi connectivity index (χ0v) is 15.3. The van der Waals surface area contributed by atoms with Gasteiger partial charge in [0.2, 0.25) is 0 Å². The van der Waals surface area contributed by atoms with Crippen molar-refractivity contribution in [3.63, 3.8) is 0 Å². The second-order valence-corrected chi connectivity index (χ2v) is 7.64. The molecule has 1 N–H and O–H groups in total. The van der Waals surface area contributed by atoms with Gasteiger partial charge >= 0.3 is 0 Å². The fraction of sp³-hybridized carbons (Fsp3) is 0.409. The molecular weight excluding hydrogens is 341 g/mol. The first-order chi connectivity index (χ1) is 13.3. The summed E-state index contributed by atoms with van der Waals surface area (Å²) >= 11 is 0. The minimum atomic E-state index is -0.211. The maximum absolute atomic E-state index is 13.5. The van der Waals surface area contributed by atoms with Gasteiger partial charge in [-0.05, 0) is 54.1 Å². The molecular formula is C22H24FN3O. The molecule has 2 aromatic rings. The number of halogens is 1. The Hall–Kier alpha value is -2.40. The van der Waals surface area contributed by atoms with E-state index in [0.29, 0.717) is 12.5 Å². The summed E-state index contributed by atoms with van der Waals surface area (Å²) in [6, 6.07) is 16.3. The third kappa shape index (κ3) is 3.10. The molecule has 2 unspecified atom stereocenters. The van der Waals surface area contributed by atoms with Crippen molar-refractivity contribution in [1.82, 2.24) is 10.2 Å².